The first-order chi connectivity index (χ1) is 17.4. The molecule has 1 aliphatic heterocycles. The lowest BCUT2D eigenvalue weighted by molar-refractivity contribution is 0.241. The number of aryl methyl sites for hydroxylation is 3. The molecule has 0 unspecified atom stereocenters. The van der Waals surface area contributed by atoms with Crippen molar-refractivity contribution in [3.8, 4) is 0 Å². The molecule has 2 aromatic carbocycles. The van der Waals surface area contributed by atoms with Crippen LogP contribution in [0, 0.1) is 0 Å². The highest BCUT2D eigenvalue weighted by molar-refractivity contribution is 6.30. The Kier molecular flexibility index (Phi) is 6.98. The maximum atomic E-state index is 13.1. The maximum Gasteiger partial charge on any atom is 0.332 e. The molecule has 0 bridgehead atoms. The first-order valence-corrected chi connectivity index (χ1v) is 12.7. The first-order valence-electron chi connectivity index (χ1n) is 12.3. The van der Waals surface area contributed by atoms with Gasteiger partial charge in [-0.1, -0.05) is 48.0 Å². The number of piperazine rings is 1. The second-order valence-electron chi connectivity index (χ2n) is 9.39. The van der Waals surface area contributed by atoms with Crippen molar-refractivity contribution in [3.05, 3.63) is 91.8 Å². The maximum absolute atomic E-state index is 13.1. The van der Waals surface area contributed by atoms with E-state index in [1.165, 1.54) is 21.7 Å². The van der Waals surface area contributed by atoms with Gasteiger partial charge in [0.1, 0.15) is 5.82 Å². The fraction of sp³-hybridized carbons (Fsp3) is 0.370. The van der Waals surface area contributed by atoms with Crippen LogP contribution in [-0.2, 0) is 33.6 Å². The third-order valence-electron chi connectivity index (χ3n) is 7.03. The lowest BCUT2D eigenvalue weighted by atomic mass is 10.1. The molecule has 1 aliphatic rings. The summed E-state index contributed by atoms with van der Waals surface area (Å²) in [6.45, 7) is 4.80. The van der Waals surface area contributed by atoms with Gasteiger partial charge in [0.2, 0.25) is 0 Å². The summed E-state index contributed by atoms with van der Waals surface area (Å²) in [5, 5.41) is 0.742. The van der Waals surface area contributed by atoms with Gasteiger partial charge in [-0.05, 0) is 36.6 Å². The molecule has 1 saturated heterocycles. The van der Waals surface area contributed by atoms with Crippen LogP contribution in [0.3, 0.4) is 0 Å². The Morgan fingerprint density at radius 3 is 2.39 bits per heavy atom. The van der Waals surface area contributed by atoms with E-state index >= 15 is 0 Å². The predicted molar refractivity (Wildman–Crippen MR) is 144 cm³/mol. The van der Waals surface area contributed by atoms with Crippen molar-refractivity contribution in [2.24, 2.45) is 14.1 Å². The Morgan fingerprint density at radius 1 is 0.917 bits per heavy atom. The smallest absolute Gasteiger partial charge is 0.332 e. The summed E-state index contributed by atoms with van der Waals surface area (Å²) in [6.07, 6.45) is 1.78. The molecule has 8 nitrogen and oxygen atoms in total. The molecule has 2 aromatic heterocycles. The van der Waals surface area contributed by atoms with Gasteiger partial charge < -0.3 is 9.47 Å². The lowest BCUT2D eigenvalue weighted by Crippen LogP contribution is -2.46. The van der Waals surface area contributed by atoms with Crippen LogP contribution >= 0.6 is 11.6 Å². The molecule has 0 aliphatic carbocycles. The molecule has 3 heterocycles. The molecule has 0 atom stereocenters. The number of halogens is 1. The van der Waals surface area contributed by atoms with Crippen molar-refractivity contribution in [3.63, 3.8) is 0 Å². The topological polar surface area (TPSA) is 68.3 Å². The molecule has 188 valence electrons. The summed E-state index contributed by atoms with van der Waals surface area (Å²) in [6, 6.07) is 18.3. The number of anilines is 1. The van der Waals surface area contributed by atoms with Crippen LogP contribution < -0.4 is 16.1 Å². The number of aromatic nitrogens is 4. The molecule has 0 saturated carbocycles. The number of fused-ring (bicyclic) bond motifs is 1. The summed E-state index contributed by atoms with van der Waals surface area (Å²) in [5.41, 5.74) is 2.70. The van der Waals surface area contributed by atoms with Crippen LogP contribution in [0.2, 0.25) is 5.02 Å². The Morgan fingerprint density at radius 2 is 1.67 bits per heavy atom. The second kappa shape index (κ2) is 10.3. The molecule has 0 spiro atoms. The molecule has 9 heteroatoms. The van der Waals surface area contributed by atoms with Gasteiger partial charge in [0.05, 0.1) is 6.54 Å². The Bertz CT molecular complexity index is 1480. The minimum Gasteiger partial charge on any atom is -0.369 e. The molecule has 0 N–H and O–H groups in total. The fourth-order valence-corrected chi connectivity index (χ4v) is 5.16. The summed E-state index contributed by atoms with van der Waals surface area (Å²) in [7, 11) is 3.21. The van der Waals surface area contributed by atoms with Gasteiger partial charge in [-0.3, -0.25) is 18.8 Å². The zero-order valence-electron chi connectivity index (χ0n) is 20.7. The molecule has 36 heavy (non-hydrogen) atoms. The van der Waals surface area contributed by atoms with Crippen LogP contribution in [0.15, 0.2) is 64.2 Å². The van der Waals surface area contributed by atoms with E-state index in [1.54, 1.807) is 7.05 Å². The van der Waals surface area contributed by atoms with Crippen LogP contribution in [-0.4, -0.2) is 49.8 Å². The minimum absolute atomic E-state index is 0.294. The third-order valence-corrected chi connectivity index (χ3v) is 7.26. The summed E-state index contributed by atoms with van der Waals surface area (Å²) >= 11 is 6.19. The van der Waals surface area contributed by atoms with Gasteiger partial charge >= 0.3 is 5.69 Å². The van der Waals surface area contributed by atoms with Gasteiger partial charge in [-0.15, -0.1) is 0 Å². The average molecular weight is 507 g/mol. The number of hydrogen-bond donors (Lipinski definition) is 0. The molecule has 5 rings (SSSR count). The van der Waals surface area contributed by atoms with Crippen LogP contribution in [0.5, 0.6) is 0 Å². The normalized spacial score (nSPS) is 14.6. The van der Waals surface area contributed by atoms with Crippen molar-refractivity contribution in [2.45, 2.75) is 25.9 Å². The fourth-order valence-electron chi connectivity index (χ4n) is 4.98. The largest absolute Gasteiger partial charge is 0.369 e. The number of benzene rings is 2. The number of hydrogen-bond acceptors (Lipinski definition) is 5. The Balaban J connectivity index is 1.39. The lowest BCUT2D eigenvalue weighted by Gasteiger charge is -2.36. The monoisotopic (exact) mass is 506 g/mol. The second-order valence-corrected chi connectivity index (χ2v) is 9.83. The van der Waals surface area contributed by atoms with Gasteiger partial charge in [0.25, 0.3) is 5.56 Å². The van der Waals surface area contributed by atoms with E-state index in [9.17, 15) is 9.59 Å². The molecule has 0 amide bonds. The van der Waals surface area contributed by atoms with Crippen LogP contribution in [0.1, 0.15) is 17.8 Å². The third kappa shape index (κ3) is 4.83. The Labute approximate surface area is 215 Å². The summed E-state index contributed by atoms with van der Waals surface area (Å²) in [5.74, 6) is 0.826. The van der Waals surface area contributed by atoms with Crippen molar-refractivity contribution in [2.75, 3.05) is 31.1 Å². The van der Waals surface area contributed by atoms with E-state index in [4.69, 9.17) is 16.6 Å². The number of imidazole rings is 1. The molecular formula is C27H31ClN6O2. The van der Waals surface area contributed by atoms with E-state index in [2.05, 4.69) is 28.0 Å². The molecule has 4 aromatic rings. The highest BCUT2D eigenvalue weighted by atomic mass is 35.5. The summed E-state index contributed by atoms with van der Waals surface area (Å²) in [4.78, 5) is 35.2. The SMILES string of the molecule is Cn1c(=O)c2c(nc(CN3CCN(c4cccc(Cl)c4)CC3)n2CCCc2ccccc2)n(C)c1=O. The van der Waals surface area contributed by atoms with Gasteiger partial charge in [-0.2, -0.15) is 0 Å². The van der Waals surface area contributed by atoms with Crippen molar-refractivity contribution in [1.82, 2.24) is 23.6 Å². The zero-order valence-corrected chi connectivity index (χ0v) is 21.5. The van der Waals surface area contributed by atoms with Crippen LogP contribution in [0.25, 0.3) is 11.2 Å². The first kappa shape index (κ1) is 24.3. The molecule has 0 radical (unpaired) electrons. The molecular weight excluding hydrogens is 476 g/mol. The molecule has 1 fully saturated rings. The highest BCUT2D eigenvalue weighted by Crippen LogP contribution is 2.22. The summed E-state index contributed by atoms with van der Waals surface area (Å²) < 4.78 is 4.68. The Hall–Kier alpha value is -3.36. The minimum atomic E-state index is -0.358. The van der Waals surface area contributed by atoms with E-state index in [-0.39, 0.29) is 11.2 Å². The van der Waals surface area contributed by atoms with E-state index in [0.29, 0.717) is 24.3 Å². The highest BCUT2D eigenvalue weighted by Gasteiger charge is 2.23. The number of rotatable bonds is 7. The standard InChI is InChI=1S/C27H31ClN6O2/c1-30-25-24(26(35)31(2)27(30)36)34(13-7-10-20-8-4-3-5-9-20)23(29-25)19-32-14-16-33(17-15-32)22-12-6-11-21(28)18-22/h3-6,8-9,11-12,18H,7,10,13-17,19H2,1-2H3. The van der Waals surface area contributed by atoms with Crippen molar-refractivity contribution < 1.29 is 0 Å². The number of nitrogens with zero attached hydrogens (tertiary/aromatic N) is 6. The van der Waals surface area contributed by atoms with Gasteiger partial charge in [0.15, 0.2) is 11.2 Å². The quantitative estimate of drug-likeness (QED) is 0.385. The van der Waals surface area contributed by atoms with Gasteiger partial charge in [0, 0.05) is 57.5 Å². The van der Waals surface area contributed by atoms with Crippen LogP contribution in [0.4, 0.5) is 5.69 Å². The van der Waals surface area contributed by atoms with Crippen molar-refractivity contribution >= 4 is 28.5 Å². The predicted octanol–water partition coefficient (Wildman–Crippen LogP) is 3.04. The van der Waals surface area contributed by atoms with Gasteiger partial charge in [-0.25, -0.2) is 9.78 Å². The van der Waals surface area contributed by atoms with E-state index in [0.717, 1.165) is 55.6 Å². The zero-order chi connectivity index (χ0) is 25.2. The van der Waals surface area contributed by atoms with Crippen molar-refractivity contribution in [1.29, 1.82) is 0 Å². The van der Waals surface area contributed by atoms with E-state index in [1.807, 2.05) is 41.0 Å². The average Bonchev–Trinajstić information content (AvgIpc) is 3.25. The van der Waals surface area contributed by atoms with E-state index < -0.39 is 0 Å².